The number of amides is 2. The van der Waals surface area contributed by atoms with Gasteiger partial charge in [-0.2, -0.15) is 13.2 Å². The van der Waals surface area contributed by atoms with E-state index in [2.05, 4.69) is 0 Å². The molecule has 0 aromatic heterocycles. The van der Waals surface area contributed by atoms with Crippen molar-refractivity contribution in [3.05, 3.63) is 29.8 Å². The molecule has 2 fully saturated rings. The fourth-order valence-electron chi connectivity index (χ4n) is 3.89. The number of halogens is 3. The number of Topliss-reactive ketones (excluding diaryl/α,β-unsaturated/α-hetero) is 1. The van der Waals surface area contributed by atoms with Crippen LogP contribution < -0.4 is 11.1 Å². The van der Waals surface area contributed by atoms with E-state index in [4.69, 9.17) is 10.5 Å². The lowest BCUT2D eigenvalue weighted by Gasteiger charge is -2.27. The third-order valence-corrected chi connectivity index (χ3v) is 5.55. The lowest BCUT2D eigenvalue weighted by molar-refractivity contribution is -0.141. The zero-order chi connectivity index (χ0) is 21.4. The van der Waals surface area contributed by atoms with Gasteiger partial charge in [0, 0.05) is 24.3 Å². The van der Waals surface area contributed by atoms with Gasteiger partial charge in [-0.25, -0.2) is 0 Å². The maximum Gasteiger partial charge on any atom is 0.405 e. The van der Waals surface area contributed by atoms with E-state index in [1.165, 1.54) is 24.0 Å². The Morgan fingerprint density at radius 2 is 1.83 bits per heavy atom. The molecule has 2 aliphatic rings. The van der Waals surface area contributed by atoms with E-state index < -0.39 is 47.6 Å². The number of nitrogens with two attached hydrogens (primary N) is 1. The van der Waals surface area contributed by atoms with E-state index in [9.17, 15) is 27.6 Å². The second kappa shape index (κ2) is 7.66. The number of ether oxygens (including phenoxy) is 1. The van der Waals surface area contributed by atoms with Crippen LogP contribution in [0.3, 0.4) is 0 Å². The van der Waals surface area contributed by atoms with Gasteiger partial charge in [-0.3, -0.25) is 14.4 Å². The first-order valence-electron chi connectivity index (χ1n) is 9.17. The van der Waals surface area contributed by atoms with Crippen LogP contribution in [0, 0.1) is 17.3 Å². The highest BCUT2D eigenvalue weighted by Crippen LogP contribution is 2.61. The molecule has 2 amide bonds. The molecule has 1 aromatic rings. The molecule has 3 N–H and O–H groups in total. The Balaban J connectivity index is 1.88. The highest BCUT2D eigenvalue weighted by atomic mass is 19.4. The van der Waals surface area contributed by atoms with E-state index in [0.29, 0.717) is 26.3 Å². The molecule has 1 aliphatic heterocycles. The molecular formula is C19H22F3N3O4. The van der Waals surface area contributed by atoms with Crippen molar-refractivity contribution in [2.45, 2.75) is 13.1 Å². The number of ketones is 1. The van der Waals surface area contributed by atoms with Crippen LogP contribution in [0.4, 0.5) is 18.9 Å². The SMILES string of the molecule is C[C@@]1(C(=O)c2ccccc2N)[C@H](C(=O)N2CCOCC2)[C@@H]1C(=O)NCC(F)(F)F. The smallest absolute Gasteiger partial charge is 0.398 e. The molecule has 10 heteroatoms. The van der Waals surface area contributed by atoms with Gasteiger partial charge >= 0.3 is 6.18 Å². The Morgan fingerprint density at radius 3 is 2.41 bits per heavy atom. The number of para-hydroxylation sites is 1. The molecule has 7 nitrogen and oxygen atoms in total. The molecule has 3 rings (SSSR count). The standard InChI is InChI=1S/C19H22F3N3O4/c1-18(15(26)11-4-2-3-5-12(11)23)13(16(27)24-10-19(20,21)22)14(18)17(28)25-6-8-29-9-7-25/h2-5,13-14H,6-10,23H2,1H3,(H,24,27)/t13-,14+,18+/m1/s1. The van der Waals surface area contributed by atoms with Gasteiger partial charge < -0.3 is 20.7 Å². The van der Waals surface area contributed by atoms with E-state index in [1.807, 2.05) is 0 Å². The topological polar surface area (TPSA) is 102 Å². The summed E-state index contributed by atoms with van der Waals surface area (Å²) in [6.07, 6.45) is -4.60. The van der Waals surface area contributed by atoms with E-state index in [-0.39, 0.29) is 11.3 Å². The number of carbonyl (C=O) groups excluding carboxylic acids is 3. The number of nitrogens with one attached hydrogen (secondary N) is 1. The van der Waals surface area contributed by atoms with Gasteiger partial charge in [0.15, 0.2) is 5.78 Å². The molecule has 0 unspecified atom stereocenters. The predicted octanol–water partition coefficient (Wildman–Crippen LogP) is 1.24. The Bertz CT molecular complexity index is 823. The maximum atomic E-state index is 13.2. The molecular weight excluding hydrogens is 391 g/mol. The summed E-state index contributed by atoms with van der Waals surface area (Å²) in [4.78, 5) is 40.2. The molecule has 29 heavy (non-hydrogen) atoms. The Hall–Kier alpha value is -2.62. The van der Waals surface area contributed by atoms with Crippen LogP contribution >= 0.6 is 0 Å². The van der Waals surface area contributed by atoms with Crippen LogP contribution in [0.1, 0.15) is 17.3 Å². The summed E-state index contributed by atoms with van der Waals surface area (Å²) in [5, 5.41) is 1.81. The average Bonchev–Trinajstić information content (AvgIpc) is 3.32. The Labute approximate surface area is 165 Å². The van der Waals surface area contributed by atoms with Gasteiger partial charge in [0.2, 0.25) is 11.8 Å². The lowest BCUT2D eigenvalue weighted by Crippen LogP contribution is -2.43. The minimum Gasteiger partial charge on any atom is -0.398 e. The largest absolute Gasteiger partial charge is 0.405 e. The van der Waals surface area contributed by atoms with Crippen molar-refractivity contribution in [3.63, 3.8) is 0 Å². The van der Waals surface area contributed by atoms with Gasteiger partial charge in [-0.1, -0.05) is 19.1 Å². The second-order valence-electron chi connectivity index (χ2n) is 7.43. The molecule has 0 bridgehead atoms. The van der Waals surface area contributed by atoms with Crippen molar-refractivity contribution in [1.29, 1.82) is 0 Å². The monoisotopic (exact) mass is 413 g/mol. The summed E-state index contributed by atoms with van der Waals surface area (Å²) in [7, 11) is 0. The second-order valence-corrected chi connectivity index (χ2v) is 7.43. The van der Waals surface area contributed by atoms with Crippen LogP contribution in [0.25, 0.3) is 0 Å². The van der Waals surface area contributed by atoms with Gasteiger partial charge in [0.1, 0.15) is 6.54 Å². The molecule has 1 saturated carbocycles. The summed E-state index contributed by atoms with van der Waals surface area (Å²) in [5.74, 6) is -4.20. The summed E-state index contributed by atoms with van der Waals surface area (Å²) >= 11 is 0. The van der Waals surface area contributed by atoms with Crippen LogP contribution in [-0.4, -0.2) is 61.5 Å². The highest BCUT2D eigenvalue weighted by molar-refractivity contribution is 6.14. The molecule has 1 saturated heterocycles. The fraction of sp³-hybridized carbons (Fsp3) is 0.526. The Morgan fingerprint density at radius 1 is 1.21 bits per heavy atom. The summed E-state index contributed by atoms with van der Waals surface area (Å²) < 4.78 is 42.8. The zero-order valence-electron chi connectivity index (χ0n) is 15.8. The third kappa shape index (κ3) is 4.07. The zero-order valence-corrected chi connectivity index (χ0v) is 15.8. The van der Waals surface area contributed by atoms with Crippen LogP contribution in [0.15, 0.2) is 24.3 Å². The van der Waals surface area contributed by atoms with Crippen molar-refractivity contribution < 1.29 is 32.3 Å². The minimum atomic E-state index is -4.60. The normalized spacial score (nSPS) is 26.7. The number of alkyl halides is 3. The third-order valence-electron chi connectivity index (χ3n) is 5.55. The molecule has 158 valence electrons. The number of nitrogen functional groups attached to an aromatic ring is 1. The van der Waals surface area contributed by atoms with Crippen molar-refractivity contribution in [2.24, 2.45) is 17.3 Å². The summed E-state index contributed by atoms with van der Waals surface area (Å²) in [6.45, 7) is 1.13. The van der Waals surface area contributed by atoms with E-state index in [0.717, 1.165) is 0 Å². The van der Waals surface area contributed by atoms with Crippen LogP contribution in [0.2, 0.25) is 0 Å². The van der Waals surface area contributed by atoms with Crippen LogP contribution in [-0.2, 0) is 14.3 Å². The minimum absolute atomic E-state index is 0.140. The van der Waals surface area contributed by atoms with Gasteiger partial charge in [-0.05, 0) is 12.1 Å². The number of carbonyl (C=O) groups is 3. The summed E-state index contributed by atoms with van der Waals surface area (Å²) in [6, 6.07) is 6.21. The molecule has 1 aliphatic carbocycles. The fourth-order valence-corrected chi connectivity index (χ4v) is 3.89. The van der Waals surface area contributed by atoms with Crippen molar-refractivity contribution in [3.8, 4) is 0 Å². The number of nitrogens with zero attached hydrogens (tertiary/aromatic N) is 1. The average molecular weight is 413 g/mol. The number of hydrogen-bond acceptors (Lipinski definition) is 5. The lowest BCUT2D eigenvalue weighted by atomic mass is 9.91. The van der Waals surface area contributed by atoms with Gasteiger partial charge in [0.25, 0.3) is 0 Å². The van der Waals surface area contributed by atoms with E-state index in [1.54, 1.807) is 17.4 Å². The number of benzene rings is 1. The van der Waals surface area contributed by atoms with Crippen LogP contribution in [0.5, 0.6) is 0 Å². The maximum absolute atomic E-state index is 13.2. The molecule has 0 spiro atoms. The van der Waals surface area contributed by atoms with Crippen molar-refractivity contribution in [1.82, 2.24) is 10.2 Å². The van der Waals surface area contributed by atoms with Gasteiger partial charge in [0.05, 0.1) is 30.5 Å². The predicted molar refractivity (Wildman–Crippen MR) is 96.7 cm³/mol. The number of hydrogen-bond donors (Lipinski definition) is 2. The Kier molecular flexibility index (Phi) is 5.57. The number of morpholine rings is 1. The summed E-state index contributed by atoms with van der Waals surface area (Å²) in [5.41, 5.74) is 4.71. The number of anilines is 1. The molecule has 1 aromatic carbocycles. The first kappa shape index (κ1) is 21.1. The van der Waals surface area contributed by atoms with Crippen molar-refractivity contribution >= 4 is 23.3 Å². The first-order chi connectivity index (χ1) is 13.6. The quantitative estimate of drug-likeness (QED) is 0.559. The highest BCUT2D eigenvalue weighted by Gasteiger charge is 2.73. The molecule has 3 atom stereocenters. The van der Waals surface area contributed by atoms with Crippen molar-refractivity contribution in [2.75, 3.05) is 38.6 Å². The first-order valence-corrected chi connectivity index (χ1v) is 9.17. The number of rotatable bonds is 5. The van der Waals surface area contributed by atoms with Gasteiger partial charge in [-0.15, -0.1) is 0 Å². The van der Waals surface area contributed by atoms with E-state index >= 15 is 0 Å². The molecule has 1 heterocycles. The molecule has 0 radical (unpaired) electrons.